The molecule has 0 aliphatic rings. The van der Waals surface area contributed by atoms with E-state index in [1.807, 2.05) is 0 Å². The van der Waals surface area contributed by atoms with Crippen molar-refractivity contribution in [3.63, 3.8) is 0 Å². The number of allylic oxidation sites excluding steroid dienone is 1. The minimum Gasteiger partial charge on any atom is -0.396 e. The van der Waals surface area contributed by atoms with Crippen molar-refractivity contribution in [3.8, 4) is 0 Å². The van der Waals surface area contributed by atoms with Gasteiger partial charge >= 0.3 is 0 Å². The zero-order valence-corrected chi connectivity index (χ0v) is 28.8. The van der Waals surface area contributed by atoms with Crippen molar-refractivity contribution in [2.75, 3.05) is 6.61 Å². The smallest absolute Gasteiger partial charge is 0.130 e. The van der Waals surface area contributed by atoms with Crippen LogP contribution in [0, 0.1) is 0 Å². The quantitative estimate of drug-likeness (QED) is 0.128. The lowest BCUT2D eigenvalue weighted by molar-refractivity contribution is 0.282. The van der Waals surface area contributed by atoms with E-state index in [1.165, 1.54) is 44.9 Å². The molecule has 0 unspecified atom stereocenters. The molecule has 0 fully saturated rings. The van der Waals surface area contributed by atoms with Gasteiger partial charge in [-0.05, 0) is 62.8 Å². The van der Waals surface area contributed by atoms with Crippen LogP contribution in [0.25, 0.3) is 0 Å². The minimum atomic E-state index is -1.53. The van der Waals surface area contributed by atoms with Gasteiger partial charge in [0.25, 0.3) is 0 Å². The van der Waals surface area contributed by atoms with Gasteiger partial charge < -0.3 is 5.11 Å². The lowest BCUT2D eigenvalue weighted by Crippen LogP contribution is -2.41. The van der Waals surface area contributed by atoms with Crippen molar-refractivity contribution < 1.29 is 5.11 Å². The van der Waals surface area contributed by atoms with Crippen LogP contribution < -0.4 is 0 Å². The van der Waals surface area contributed by atoms with Crippen LogP contribution in [0.2, 0.25) is 33.2 Å². The molecule has 0 saturated heterocycles. The average molecular weight is 547 g/mol. The minimum absolute atomic E-state index is 0.351. The molecule has 0 bridgehead atoms. The first kappa shape index (κ1) is 34.8. The Balaban J connectivity index is 5.76. The van der Waals surface area contributed by atoms with Crippen molar-refractivity contribution in [2.24, 2.45) is 0 Å². The number of aliphatic hydroxyl groups excluding tert-OH is 1. The van der Waals surface area contributed by atoms with E-state index in [1.54, 1.807) is 4.91 Å². The molecule has 0 aliphatic heterocycles. The molecule has 204 valence electrons. The van der Waals surface area contributed by atoms with E-state index >= 15 is 0 Å². The van der Waals surface area contributed by atoms with Crippen LogP contribution >= 0.6 is 22.4 Å². The molecule has 1 nitrogen and oxygen atoms in total. The highest BCUT2D eigenvalue weighted by Gasteiger charge is 2.46. The molecule has 5 heteroatoms. The number of hydrogen-bond acceptors (Lipinski definition) is 3. The Bertz CT molecular complexity index is 513. The van der Waals surface area contributed by atoms with Crippen LogP contribution in [0.3, 0.4) is 0 Å². The topological polar surface area (TPSA) is 20.2 Å². The Morgan fingerprint density at radius 1 is 0.559 bits per heavy atom. The van der Waals surface area contributed by atoms with Crippen LogP contribution in [-0.2, 0) is 0 Å². The van der Waals surface area contributed by atoms with E-state index in [0.717, 1.165) is 39.7 Å². The summed E-state index contributed by atoms with van der Waals surface area (Å²) in [4.78, 5) is 1.71. The summed E-state index contributed by atoms with van der Waals surface area (Å²) in [7, 11) is -3.03. The van der Waals surface area contributed by atoms with Crippen molar-refractivity contribution in [1.82, 2.24) is 0 Å². The van der Waals surface area contributed by atoms with Gasteiger partial charge in [-0.1, -0.05) is 115 Å². The highest BCUT2D eigenvalue weighted by molar-refractivity contribution is 8.34. The fourth-order valence-corrected chi connectivity index (χ4v) is 25.6. The van der Waals surface area contributed by atoms with E-state index in [2.05, 4.69) is 111 Å². The highest BCUT2D eigenvalue weighted by Crippen LogP contribution is 2.55. The van der Waals surface area contributed by atoms with Gasteiger partial charge in [-0.15, -0.1) is 0 Å². The molecule has 0 aliphatic carbocycles. The monoisotopic (exact) mass is 546 g/mol. The molecule has 0 amide bonds. The van der Waals surface area contributed by atoms with Crippen molar-refractivity contribution >= 4 is 36.9 Å². The predicted molar refractivity (Wildman–Crippen MR) is 169 cm³/mol. The van der Waals surface area contributed by atoms with E-state index in [4.69, 9.17) is 5.11 Å². The van der Waals surface area contributed by atoms with Crippen molar-refractivity contribution in [2.45, 2.75) is 168 Å². The first-order valence-corrected chi connectivity index (χ1v) is 22.1. The first-order valence-electron chi connectivity index (χ1n) is 14.5. The second-order valence-electron chi connectivity index (χ2n) is 12.4. The molecular formula is C29H62OS2Si2. The fourth-order valence-electron chi connectivity index (χ4n) is 6.59. The summed E-state index contributed by atoms with van der Waals surface area (Å²) in [5.74, 6) is 0. The van der Waals surface area contributed by atoms with Crippen LogP contribution in [0.4, 0.5) is 0 Å². The maximum absolute atomic E-state index is 8.98. The van der Waals surface area contributed by atoms with Crippen LogP contribution in [0.5, 0.6) is 0 Å². The second kappa shape index (κ2) is 17.4. The first-order chi connectivity index (χ1) is 15.8. The molecule has 1 N–H and O–H groups in total. The standard InChI is InChI=1S/C29H62OS2Si2/c1-23(2)33(24(3)4,25(5)6)31-22-29(20-18-16-14-13-15-17-19-21-30)32-34(26(7)8,27(9)10)28(11)12/h22-28,30H,13-21H2,1-12H3/b29-22+. The zero-order valence-electron chi connectivity index (χ0n) is 25.2. The maximum Gasteiger partial charge on any atom is 0.130 e. The second-order valence-corrected chi connectivity index (χ2v) is 29.5. The molecule has 0 aromatic carbocycles. The van der Waals surface area contributed by atoms with E-state index < -0.39 is 14.4 Å². The van der Waals surface area contributed by atoms with E-state index in [-0.39, 0.29) is 0 Å². The molecule has 0 saturated carbocycles. The normalized spacial score (nSPS) is 14.1. The lowest BCUT2D eigenvalue weighted by atomic mass is 10.1. The fraction of sp³-hybridized carbons (Fsp3) is 0.931. The molecular weight excluding hydrogens is 485 g/mol. The van der Waals surface area contributed by atoms with Crippen LogP contribution in [-0.4, -0.2) is 26.2 Å². The average Bonchev–Trinajstić information content (AvgIpc) is 2.71. The third-order valence-electron chi connectivity index (χ3n) is 8.20. The largest absolute Gasteiger partial charge is 0.396 e. The highest BCUT2D eigenvalue weighted by atomic mass is 32.4. The SMILES string of the molecule is CC(C)[Si](S/C=C(\CCCCCCCCCO)S[Si](C(C)C)(C(C)C)C(C)C)(C(C)C)C(C)C. The number of aliphatic hydroxyl groups is 1. The van der Waals surface area contributed by atoms with Gasteiger partial charge in [-0.25, -0.2) is 0 Å². The van der Waals surface area contributed by atoms with Gasteiger partial charge in [0, 0.05) is 6.61 Å². The summed E-state index contributed by atoms with van der Waals surface area (Å²) in [5.41, 5.74) is 4.75. The summed E-state index contributed by atoms with van der Waals surface area (Å²) >= 11 is 4.70. The summed E-state index contributed by atoms with van der Waals surface area (Å²) < 4.78 is 0. The van der Waals surface area contributed by atoms with Crippen molar-refractivity contribution in [3.05, 3.63) is 10.3 Å². The molecule has 0 aromatic heterocycles. The summed E-state index contributed by atoms with van der Waals surface area (Å²) in [6, 6.07) is 0. The lowest BCUT2D eigenvalue weighted by Gasteiger charge is -2.44. The maximum atomic E-state index is 8.98. The van der Waals surface area contributed by atoms with E-state index in [0.29, 0.717) is 6.61 Å². The Morgan fingerprint density at radius 3 is 1.26 bits per heavy atom. The predicted octanol–water partition coefficient (Wildman–Crippen LogP) is 11.8. The van der Waals surface area contributed by atoms with Gasteiger partial charge in [-0.2, -0.15) is 22.4 Å². The molecule has 0 atom stereocenters. The van der Waals surface area contributed by atoms with Gasteiger partial charge in [-0.3, -0.25) is 0 Å². The third-order valence-corrected chi connectivity index (χ3v) is 32.8. The number of hydrogen-bond donors (Lipinski definition) is 1. The summed E-state index contributed by atoms with van der Waals surface area (Å²) in [6.45, 7) is 30.3. The van der Waals surface area contributed by atoms with Crippen molar-refractivity contribution in [1.29, 1.82) is 0 Å². The Labute approximate surface area is 225 Å². The molecule has 0 spiro atoms. The summed E-state index contributed by atoms with van der Waals surface area (Å²) in [5, 5.41) is 11.7. The van der Waals surface area contributed by atoms with Gasteiger partial charge in [0.05, 0.1) is 0 Å². The number of unbranched alkanes of at least 4 members (excludes halogenated alkanes) is 6. The Morgan fingerprint density at radius 2 is 0.912 bits per heavy atom. The molecule has 0 heterocycles. The third kappa shape index (κ3) is 9.95. The Hall–Kier alpha value is 0.834. The number of rotatable bonds is 19. The zero-order chi connectivity index (χ0) is 26.5. The molecule has 34 heavy (non-hydrogen) atoms. The summed E-state index contributed by atoms with van der Waals surface area (Å²) in [6.07, 6.45) is 10.1. The van der Waals surface area contributed by atoms with Gasteiger partial charge in [0.2, 0.25) is 0 Å². The van der Waals surface area contributed by atoms with Gasteiger partial charge in [0.1, 0.15) is 14.4 Å². The molecule has 0 rings (SSSR count). The van der Waals surface area contributed by atoms with Gasteiger partial charge in [0.15, 0.2) is 0 Å². The molecule has 0 radical (unpaired) electrons. The van der Waals surface area contributed by atoms with E-state index in [9.17, 15) is 0 Å². The van der Waals surface area contributed by atoms with Crippen LogP contribution in [0.1, 0.15) is 134 Å². The van der Waals surface area contributed by atoms with Crippen LogP contribution in [0.15, 0.2) is 10.3 Å². The Kier molecular flexibility index (Phi) is 17.8. The molecule has 0 aromatic rings.